The van der Waals surface area contributed by atoms with Crippen molar-refractivity contribution in [1.82, 2.24) is 19.6 Å². The Morgan fingerprint density at radius 3 is 2.43 bits per heavy atom. The Kier molecular flexibility index (Phi) is 9.38. The summed E-state index contributed by atoms with van der Waals surface area (Å²) in [5, 5.41) is -0.186. The lowest BCUT2D eigenvalue weighted by Gasteiger charge is -2.48. The smallest absolute Gasteiger partial charge is 0.356 e. The van der Waals surface area contributed by atoms with Crippen molar-refractivity contribution in [2.45, 2.75) is 57.3 Å². The third-order valence-electron chi connectivity index (χ3n) is 7.85. The lowest BCUT2D eigenvalue weighted by atomic mass is 9.92. The minimum absolute atomic E-state index is 0.0264. The molecule has 0 aromatic heterocycles. The average Bonchev–Trinajstić information content (AvgIpc) is 3.10. The largest absolute Gasteiger partial charge is 0.457 e. The second kappa shape index (κ2) is 11.6. The number of piperazine rings is 1. The highest BCUT2D eigenvalue weighted by Crippen LogP contribution is 2.52. The predicted molar refractivity (Wildman–Crippen MR) is 149 cm³/mol. The minimum atomic E-state index is -2.08. The molecule has 37 heavy (non-hydrogen) atoms. The summed E-state index contributed by atoms with van der Waals surface area (Å²) < 4.78 is 11.9. The van der Waals surface area contributed by atoms with E-state index in [-0.39, 0.29) is 53.1 Å². The van der Waals surface area contributed by atoms with Gasteiger partial charge in [-0.1, -0.05) is 33.4 Å². The molecule has 9 nitrogen and oxygen atoms in total. The van der Waals surface area contributed by atoms with Crippen LogP contribution in [-0.4, -0.2) is 117 Å². The number of thioether (sulfide) groups is 1. The zero-order valence-corrected chi connectivity index (χ0v) is 25.5. The van der Waals surface area contributed by atoms with Gasteiger partial charge < -0.3 is 19.0 Å². The Morgan fingerprint density at radius 1 is 1.24 bits per heavy atom. The number of β-lactam (4-membered cyclic amide) rings is 1. The van der Waals surface area contributed by atoms with Crippen LogP contribution in [0.2, 0.25) is 18.1 Å². The van der Waals surface area contributed by atoms with E-state index in [1.165, 1.54) is 17.8 Å². The van der Waals surface area contributed by atoms with Gasteiger partial charge in [0.25, 0.3) is 0 Å². The van der Waals surface area contributed by atoms with Gasteiger partial charge in [0, 0.05) is 37.6 Å². The van der Waals surface area contributed by atoms with Crippen LogP contribution in [0, 0.1) is 5.92 Å². The summed E-state index contributed by atoms with van der Waals surface area (Å²) in [7, 11) is 1.85. The lowest BCUT2D eigenvalue weighted by Crippen LogP contribution is -2.62. The van der Waals surface area contributed by atoms with Crippen LogP contribution >= 0.6 is 11.8 Å². The monoisotopic (exact) mass is 552 g/mol. The van der Waals surface area contributed by atoms with Gasteiger partial charge in [0.15, 0.2) is 8.32 Å². The molecule has 208 valence electrons. The Labute approximate surface area is 227 Å². The Bertz CT molecular complexity index is 942. The van der Waals surface area contributed by atoms with Crippen molar-refractivity contribution in [3.8, 4) is 0 Å². The molecule has 3 rings (SSSR count). The molecule has 2 saturated heterocycles. The van der Waals surface area contributed by atoms with E-state index in [1.807, 2.05) is 23.8 Å². The molecule has 0 aliphatic carbocycles. The molecule has 0 radical (unpaired) electrons. The van der Waals surface area contributed by atoms with E-state index in [2.05, 4.69) is 52.4 Å². The minimum Gasteiger partial charge on any atom is -0.457 e. The van der Waals surface area contributed by atoms with Crippen LogP contribution in [-0.2, 0) is 23.5 Å². The number of nitrogens with zero attached hydrogens (tertiary/aromatic N) is 4. The molecule has 0 bridgehead atoms. The summed E-state index contributed by atoms with van der Waals surface area (Å²) in [4.78, 5) is 47.6. The zero-order chi connectivity index (χ0) is 27.7. The number of carbonyl (C=O) groups excluding carboxylic acids is 3. The number of fused-ring (bicyclic) bond motifs is 1. The van der Waals surface area contributed by atoms with Crippen molar-refractivity contribution in [3.05, 3.63) is 23.3 Å². The first-order chi connectivity index (χ1) is 17.2. The van der Waals surface area contributed by atoms with Gasteiger partial charge in [-0.2, -0.15) is 0 Å². The number of rotatable bonds is 10. The van der Waals surface area contributed by atoms with E-state index < -0.39 is 14.3 Å². The number of carbonyl (C=O) groups is 3. The first-order valence-corrected chi connectivity index (χ1v) is 16.8. The molecule has 0 saturated carbocycles. The van der Waals surface area contributed by atoms with Crippen molar-refractivity contribution in [3.63, 3.8) is 0 Å². The van der Waals surface area contributed by atoms with E-state index >= 15 is 0 Å². The number of hydrogen-bond donors (Lipinski definition) is 0. The summed E-state index contributed by atoms with van der Waals surface area (Å²) in [5.41, 5.74) is 0.288. The first-order valence-electron chi connectivity index (χ1n) is 13.0. The van der Waals surface area contributed by atoms with E-state index in [0.29, 0.717) is 6.54 Å². The van der Waals surface area contributed by atoms with Gasteiger partial charge in [-0.3, -0.25) is 19.4 Å². The molecule has 0 aromatic carbocycles. The molecular weight excluding hydrogens is 508 g/mol. The molecule has 0 unspecified atom stereocenters. The van der Waals surface area contributed by atoms with E-state index in [9.17, 15) is 14.4 Å². The summed E-state index contributed by atoms with van der Waals surface area (Å²) >= 11 is 1.52. The van der Waals surface area contributed by atoms with Crippen molar-refractivity contribution in [2.24, 2.45) is 5.92 Å². The van der Waals surface area contributed by atoms with Crippen molar-refractivity contribution >= 4 is 37.9 Å². The molecular formula is C26H44N4O5SSi. The highest BCUT2D eigenvalue weighted by atomic mass is 32.2. The molecule has 3 aliphatic rings. The molecule has 3 heterocycles. The van der Waals surface area contributed by atoms with Gasteiger partial charge in [-0.15, -0.1) is 11.8 Å². The molecule has 0 aromatic rings. The molecule has 0 N–H and O–H groups in total. The van der Waals surface area contributed by atoms with Crippen LogP contribution in [0.15, 0.2) is 23.3 Å². The van der Waals surface area contributed by atoms with Crippen molar-refractivity contribution in [2.75, 3.05) is 60.0 Å². The summed E-state index contributed by atoms with van der Waals surface area (Å²) in [6.07, 6.45) is 1.25. The van der Waals surface area contributed by atoms with Crippen LogP contribution in [0.5, 0.6) is 0 Å². The number of amides is 2. The Hall–Kier alpha value is -1.66. The number of esters is 1. The maximum atomic E-state index is 13.4. The predicted octanol–water partition coefficient (Wildman–Crippen LogP) is 2.57. The zero-order valence-electron chi connectivity index (χ0n) is 23.7. The van der Waals surface area contributed by atoms with Crippen LogP contribution in [0.3, 0.4) is 0 Å². The highest BCUT2D eigenvalue weighted by molar-refractivity contribution is 8.04. The number of likely N-dealkylation sites (N-methyl/N-ethyl adjacent to an activating group) is 2. The molecule has 0 spiro atoms. The lowest BCUT2D eigenvalue weighted by molar-refractivity contribution is -0.157. The SMILES string of the molecule is C=CCOC(=O)C1=C(CN(C)CC(=O)N2CCN(C)CC2)S[C@@H]2[C@@H]([C@@H](C)O[Si](C)(C)C(C)(C)C)C(=O)N12. The maximum Gasteiger partial charge on any atom is 0.356 e. The number of ether oxygens (including phenoxy) is 1. The van der Waals surface area contributed by atoms with E-state index in [0.717, 1.165) is 31.1 Å². The fraction of sp³-hybridized carbons (Fsp3) is 0.731. The number of hydrogen-bond acceptors (Lipinski definition) is 8. The molecule has 2 fully saturated rings. The van der Waals surface area contributed by atoms with Gasteiger partial charge >= 0.3 is 5.97 Å². The van der Waals surface area contributed by atoms with Crippen molar-refractivity contribution in [1.29, 1.82) is 0 Å². The summed E-state index contributed by atoms with van der Waals surface area (Å²) in [6, 6.07) is 0. The Balaban J connectivity index is 1.72. The van der Waals surface area contributed by atoms with Gasteiger partial charge in [-0.05, 0) is 39.2 Å². The third kappa shape index (κ3) is 6.50. The second-order valence-corrected chi connectivity index (χ2v) is 17.8. The molecule has 11 heteroatoms. The van der Waals surface area contributed by atoms with Crippen LogP contribution in [0.25, 0.3) is 0 Å². The molecule has 2 amide bonds. The standard InChI is InChI=1S/C26H44N4O5SSi/c1-10-15-34-25(33)22-19(16-28(7)17-20(31)29-13-11-27(6)12-14-29)36-24-21(23(32)30(22)24)18(2)35-37(8,9)26(3,4)5/h10,18,21,24H,1,11-17H2,2-9H3/t18-,21+,24-/m1/s1. The van der Waals surface area contributed by atoms with Crippen molar-refractivity contribution < 1.29 is 23.5 Å². The van der Waals surface area contributed by atoms with Crippen LogP contribution in [0.4, 0.5) is 0 Å². The van der Waals surface area contributed by atoms with Gasteiger partial charge in [0.2, 0.25) is 11.8 Å². The van der Waals surface area contributed by atoms with E-state index in [4.69, 9.17) is 9.16 Å². The second-order valence-electron chi connectivity index (χ2n) is 11.8. The maximum absolute atomic E-state index is 13.4. The third-order valence-corrected chi connectivity index (χ3v) is 13.8. The molecule has 3 atom stereocenters. The normalized spacial score (nSPS) is 23.8. The Morgan fingerprint density at radius 2 is 1.86 bits per heavy atom. The quantitative estimate of drug-likeness (QED) is 0.177. The fourth-order valence-corrected chi connectivity index (χ4v) is 7.66. The van der Waals surface area contributed by atoms with Crippen LogP contribution < -0.4 is 0 Å². The van der Waals surface area contributed by atoms with Gasteiger partial charge in [0.1, 0.15) is 17.7 Å². The summed E-state index contributed by atoms with van der Waals surface area (Å²) in [6.45, 7) is 20.3. The molecule has 3 aliphatic heterocycles. The van der Waals surface area contributed by atoms with Gasteiger partial charge in [-0.25, -0.2) is 4.79 Å². The fourth-order valence-electron chi connectivity index (χ4n) is 4.55. The average molecular weight is 553 g/mol. The van der Waals surface area contributed by atoms with Crippen LogP contribution in [0.1, 0.15) is 27.7 Å². The highest BCUT2D eigenvalue weighted by Gasteiger charge is 2.59. The van der Waals surface area contributed by atoms with E-state index in [1.54, 1.807) is 4.90 Å². The van der Waals surface area contributed by atoms with Gasteiger partial charge in [0.05, 0.1) is 18.6 Å². The summed E-state index contributed by atoms with van der Waals surface area (Å²) in [5.74, 6) is -0.909. The topological polar surface area (TPSA) is 82.6 Å². The first kappa shape index (κ1) is 29.9.